The fourth-order valence-corrected chi connectivity index (χ4v) is 5.11. The lowest BCUT2D eigenvalue weighted by Crippen LogP contribution is -2.40. The van der Waals surface area contributed by atoms with Crippen molar-refractivity contribution in [2.24, 2.45) is 0 Å². The van der Waals surface area contributed by atoms with Crippen molar-refractivity contribution in [3.8, 4) is 5.75 Å². The van der Waals surface area contributed by atoms with Crippen molar-refractivity contribution in [1.29, 1.82) is 0 Å². The Morgan fingerprint density at radius 2 is 1.55 bits per heavy atom. The Kier molecular flexibility index (Phi) is 5.02. The minimum Gasteiger partial charge on any atom is -0.496 e. The molecule has 0 atom stereocenters. The summed E-state index contributed by atoms with van der Waals surface area (Å²) in [6, 6.07) is 20.7. The van der Waals surface area contributed by atoms with Crippen molar-refractivity contribution < 1.29 is 4.74 Å². The van der Waals surface area contributed by atoms with Crippen LogP contribution in [0, 0.1) is 0 Å². The molecule has 1 nitrogen and oxygen atoms in total. The summed E-state index contributed by atoms with van der Waals surface area (Å²) in [5, 5.41) is 1.56. The van der Waals surface area contributed by atoms with Gasteiger partial charge in [0.25, 0.3) is 0 Å². The van der Waals surface area contributed by atoms with Crippen LogP contribution in [0.25, 0.3) is 0 Å². The highest BCUT2D eigenvalue weighted by molar-refractivity contribution is 6.89. The summed E-state index contributed by atoms with van der Waals surface area (Å²) < 4.78 is 5.42. The van der Waals surface area contributed by atoms with E-state index in [-0.39, 0.29) is 0 Å². The molecule has 0 heterocycles. The molecule has 0 aliphatic carbocycles. The number of rotatable bonds is 6. The van der Waals surface area contributed by atoms with E-state index in [1.54, 1.807) is 12.3 Å². The van der Waals surface area contributed by atoms with Crippen LogP contribution in [-0.4, -0.2) is 15.2 Å². The topological polar surface area (TPSA) is 9.23 Å². The normalized spacial score (nSPS) is 11.3. The zero-order valence-electron chi connectivity index (χ0n) is 12.7. The van der Waals surface area contributed by atoms with E-state index in [0.717, 1.165) is 12.2 Å². The number of benzene rings is 2. The minimum atomic E-state index is -1.30. The number of aryl methyl sites for hydroxylation is 1. The molecule has 0 fully saturated rings. The number of para-hydroxylation sites is 1. The molecule has 0 aliphatic rings. The summed E-state index contributed by atoms with van der Waals surface area (Å²) in [6.07, 6.45) is 2.34. The van der Waals surface area contributed by atoms with E-state index >= 15 is 0 Å². The van der Waals surface area contributed by atoms with Crippen LogP contribution < -0.4 is 9.92 Å². The van der Waals surface area contributed by atoms with Gasteiger partial charge in [-0.15, -0.1) is 0 Å². The van der Waals surface area contributed by atoms with Crippen molar-refractivity contribution >= 4 is 13.3 Å². The zero-order valence-corrected chi connectivity index (χ0v) is 13.7. The summed E-state index contributed by atoms with van der Waals surface area (Å²) in [7, 11) is 0.450. The Hall–Kier alpha value is -1.54. The average molecular weight is 284 g/mol. The molecule has 2 aromatic carbocycles. The Bertz CT molecular complexity index is 534. The van der Waals surface area contributed by atoms with Gasteiger partial charge in [-0.25, -0.2) is 0 Å². The predicted octanol–water partition coefficient (Wildman–Crippen LogP) is 4.24. The van der Waals surface area contributed by atoms with Gasteiger partial charge in [0.1, 0.15) is 5.75 Å². The van der Waals surface area contributed by atoms with Crippen molar-refractivity contribution in [3.05, 3.63) is 60.2 Å². The quantitative estimate of drug-likeness (QED) is 0.721. The maximum absolute atomic E-state index is 5.42. The number of ether oxygens (including phenoxy) is 1. The molecular weight excluding hydrogens is 260 g/mol. The monoisotopic (exact) mass is 284 g/mol. The molecule has 0 unspecified atom stereocenters. The predicted molar refractivity (Wildman–Crippen MR) is 89.7 cm³/mol. The average Bonchev–Trinajstić information content (AvgIpc) is 2.48. The second-order valence-electron chi connectivity index (χ2n) is 5.92. The van der Waals surface area contributed by atoms with Crippen LogP contribution in [0.15, 0.2) is 54.6 Å². The van der Waals surface area contributed by atoms with Crippen molar-refractivity contribution in [3.63, 3.8) is 0 Å². The third-order valence-electron chi connectivity index (χ3n) is 4.00. The molecule has 0 saturated carbocycles. The van der Waals surface area contributed by atoms with Crippen molar-refractivity contribution in [2.75, 3.05) is 7.11 Å². The van der Waals surface area contributed by atoms with E-state index in [1.165, 1.54) is 18.0 Å². The molecule has 0 N–H and O–H groups in total. The highest BCUT2D eigenvalue weighted by Crippen LogP contribution is 2.21. The molecule has 106 valence electrons. The first-order valence-corrected chi connectivity index (χ1v) is 10.5. The molecule has 2 rings (SSSR count). The maximum atomic E-state index is 5.42. The van der Waals surface area contributed by atoms with E-state index in [9.17, 15) is 0 Å². The van der Waals surface area contributed by atoms with Gasteiger partial charge in [-0.1, -0.05) is 79.3 Å². The van der Waals surface area contributed by atoms with Crippen LogP contribution in [0.1, 0.15) is 12.0 Å². The van der Waals surface area contributed by atoms with Crippen LogP contribution in [0.5, 0.6) is 5.75 Å². The summed E-state index contributed by atoms with van der Waals surface area (Å²) >= 11 is 0. The third kappa shape index (κ3) is 3.73. The third-order valence-corrected chi connectivity index (χ3v) is 7.50. The molecule has 20 heavy (non-hydrogen) atoms. The summed E-state index contributed by atoms with van der Waals surface area (Å²) in [4.78, 5) is 0. The van der Waals surface area contributed by atoms with Crippen LogP contribution >= 0.6 is 0 Å². The lowest BCUT2D eigenvalue weighted by molar-refractivity contribution is 0.409. The lowest BCUT2D eigenvalue weighted by atomic mass is 10.1. The van der Waals surface area contributed by atoms with E-state index in [4.69, 9.17) is 4.74 Å². The Labute approximate surface area is 123 Å². The van der Waals surface area contributed by atoms with Crippen molar-refractivity contribution in [1.82, 2.24) is 0 Å². The second-order valence-corrected chi connectivity index (χ2v) is 10.8. The largest absolute Gasteiger partial charge is 0.496 e. The summed E-state index contributed by atoms with van der Waals surface area (Å²) in [5.41, 5.74) is 1.33. The van der Waals surface area contributed by atoms with Gasteiger partial charge in [-0.2, -0.15) is 0 Å². The van der Waals surface area contributed by atoms with Gasteiger partial charge < -0.3 is 4.74 Å². The molecule has 0 aromatic heterocycles. The van der Waals surface area contributed by atoms with Crippen LogP contribution in [0.4, 0.5) is 0 Å². The van der Waals surface area contributed by atoms with Gasteiger partial charge in [0, 0.05) is 0 Å². The smallest absolute Gasteiger partial charge is 0.122 e. The molecular formula is C18H24OSi. The Morgan fingerprint density at radius 3 is 2.25 bits per heavy atom. The van der Waals surface area contributed by atoms with Gasteiger partial charge in [0.05, 0.1) is 15.2 Å². The molecule has 0 amide bonds. The molecule has 2 heteroatoms. The number of hydrogen-bond acceptors (Lipinski definition) is 1. The van der Waals surface area contributed by atoms with Gasteiger partial charge >= 0.3 is 0 Å². The Morgan fingerprint density at radius 1 is 0.900 bits per heavy atom. The SMILES string of the molecule is COc1ccccc1CCC[Si](C)(C)c1ccccc1. The maximum Gasteiger partial charge on any atom is 0.122 e. The van der Waals surface area contributed by atoms with E-state index in [1.807, 2.05) is 6.07 Å². The molecule has 0 radical (unpaired) electrons. The highest BCUT2D eigenvalue weighted by atomic mass is 28.3. The van der Waals surface area contributed by atoms with E-state index < -0.39 is 8.07 Å². The molecule has 0 saturated heterocycles. The molecule has 0 aliphatic heterocycles. The fourth-order valence-electron chi connectivity index (χ4n) is 2.66. The first-order chi connectivity index (χ1) is 9.63. The van der Waals surface area contributed by atoms with Gasteiger partial charge in [-0.3, -0.25) is 0 Å². The van der Waals surface area contributed by atoms with Gasteiger partial charge in [0.2, 0.25) is 0 Å². The van der Waals surface area contributed by atoms with E-state index in [2.05, 4.69) is 61.6 Å². The Balaban J connectivity index is 1.96. The van der Waals surface area contributed by atoms with Crippen LogP contribution in [-0.2, 0) is 6.42 Å². The van der Waals surface area contributed by atoms with Gasteiger partial charge in [0.15, 0.2) is 0 Å². The van der Waals surface area contributed by atoms with Crippen LogP contribution in [0.2, 0.25) is 19.1 Å². The fraction of sp³-hybridized carbons (Fsp3) is 0.333. The van der Waals surface area contributed by atoms with Gasteiger partial charge in [-0.05, 0) is 18.1 Å². The first kappa shape index (κ1) is 14.9. The number of methoxy groups -OCH3 is 1. The summed E-state index contributed by atoms with van der Waals surface area (Å²) in [5.74, 6) is 1.02. The first-order valence-electron chi connectivity index (χ1n) is 7.31. The number of hydrogen-bond donors (Lipinski definition) is 0. The van der Waals surface area contributed by atoms with E-state index in [0.29, 0.717) is 0 Å². The molecule has 2 aromatic rings. The van der Waals surface area contributed by atoms with Crippen molar-refractivity contribution in [2.45, 2.75) is 32.0 Å². The lowest BCUT2D eigenvalue weighted by Gasteiger charge is -2.23. The second kappa shape index (κ2) is 6.75. The van der Waals surface area contributed by atoms with Crippen LogP contribution in [0.3, 0.4) is 0 Å². The zero-order chi connectivity index (χ0) is 14.4. The highest BCUT2D eigenvalue weighted by Gasteiger charge is 2.22. The minimum absolute atomic E-state index is 1.02. The summed E-state index contributed by atoms with van der Waals surface area (Å²) in [6.45, 7) is 4.93. The molecule has 0 spiro atoms. The molecule has 0 bridgehead atoms. The standard InChI is InChI=1S/C18H24OSi/c1-19-18-14-8-7-10-16(18)11-9-15-20(2,3)17-12-5-4-6-13-17/h4-8,10,12-14H,9,11,15H2,1-3H3.